The second-order valence-corrected chi connectivity index (χ2v) is 17.6. The summed E-state index contributed by atoms with van der Waals surface area (Å²) < 4.78 is 0. The van der Waals surface area contributed by atoms with E-state index in [0.29, 0.717) is 25.8 Å². The molecule has 9 nitrogen and oxygen atoms in total. The summed E-state index contributed by atoms with van der Waals surface area (Å²) in [7, 11) is 0. The van der Waals surface area contributed by atoms with E-state index in [9.17, 15) is 19.2 Å². The number of thiazole rings is 2. The van der Waals surface area contributed by atoms with Crippen LogP contribution in [0.2, 0.25) is 0 Å². The number of aromatic nitrogens is 2. The van der Waals surface area contributed by atoms with Gasteiger partial charge in [-0.1, -0.05) is 62.4 Å². The maximum atomic E-state index is 13.6. The average Bonchev–Trinajstić information content (AvgIpc) is 3.96. The van der Waals surface area contributed by atoms with E-state index in [1.165, 1.54) is 0 Å². The Hall–Kier alpha value is -4.22. The summed E-state index contributed by atoms with van der Waals surface area (Å²) in [5.41, 5.74) is 4.44. The van der Waals surface area contributed by atoms with Crippen LogP contribution in [-0.4, -0.2) is 62.4 Å². The number of rotatable bonds is 14. The molecule has 0 spiro atoms. The molecular weight excluding hydrogens is 715 g/mol. The Morgan fingerprint density at radius 3 is 1.61 bits per heavy atom. The molecule has 8 rings (SSSR count). The minimum Gasteiger partial charge on any atom is -0.344 e. The van der Waals surface area contributed by atoms with Crippen molar-refractivity contribution in [2.45, 2.75) is 103 Å². The van der Waals surface area contributed by atoms with Crippen molar-refractivity contribution in [3.05, 3.63) is 70.9 Å². The van der Waals surface area contributed by atoms with Gasteiger partial charge >= 0.3 is 0 Å². The molecule has 4 aliphatic rings. The van der Waals surface area contributed by atoms with E-state index in [-0.39, 0.29) is 53.3 Å². The van der Waals surface area contributed by atoms with Gasteiger partial charge in [-0.2, -0.15) is 0 Å². The molecule has 0 unspecified atom stereocenters. The second kappa shape index (κ2) is 15.9. The molecule has 2 aliphatic heterocycles. The van der Waals surface area contributed by atoms with Crippen LogP contribution in [0.15, 0.2) is 60.9 Å². The van der Waals surface area contributed by atoms with Crippen LogP contribution in [0.4, 0.5) is 0 Å². The first-order valence-electron chi connectivity index (χ1n) is 19.9. The smallest absolute Gasteiger partial charge is 0.245 e. The second-order valence-electron chi connectivity index (χ2n) is 15.5. The van der Waals surface area contributed by atoms with Gasteiger partial charge in [0.25, 0.3) is 0 Å². The van der Waals surface area contributed by atoms with Crippen molar-refractivity contribution in [3.63, 3.8) is 0 Å². The van der Waals surface area contributed by atoms with Gasteiger partial charge in [0, 0.05) is 49.7 Å². The number of amides is 3. The molecule has 2 saturated carbocycles. The summed E-state index contributed by atoms with van der Waals surface area (Å²) in [4.78, 5) is 67.7. The minimum absolute atomic E-state index is 0.00300. The zero-order valence-electron chi connectivity index (χ0n) is 31.2. The third kappa shape index (κ3) is 7.80. The van der Waals surface area contributed by atoms with Gasteiger partial charge in [-0.15, -0.1) is 22.7 Å². The Balaban J connectivity index is 0.898. The Labute approximate surface area is 325 Å². The molecule has 4 atom stereocenters. The van der Waals surface area contributed by atoms with E-state index in [1.807, 2.05) is 36.0 Å². The van der Waals surface area contributed by atoms with Gasteiger partial charge in [-0.05, 0) is 86.5 Å². The predicted molar refractivity (Wildman–Crippen MR) is 213 cm³/mol. The minimum atomic E-state index is -0.478. The number of ketones is 1. The van der Waals surface area contributed by atoms with Crippen molar-refractivity contribution in [1.29, 1.82) is 0 Å². The number of benzene rings is 2. The highest BCUT2D eigenvalue weighted by Gasteiger charge is 2.39. The van der Waals surface area contributed by atoms with Crippen LogP contribution in [0.25, 0.3) is 32.0 Å². The number of Topliss-reactive ketones (excluding diaryl/α,β-unsaturated/α-hetero) is 1. The summed E-state index contributed by atoms with van der Waals surface area (Å²) in [6.07, 6.45) is 13.0. The number of nitrogens with one attached hydrogen (secondary N) is 1. The molecule has 4 aromatic rings. The van der Waals surface area contributed by atoms with E-state index in [0.717, 1.165) is 99.9 Å². The molecule has 4 heterocycles. The fourth-order valence-corrected chi connectivity index (χ4v) is 10.2. The number of nitrogens with zero attached hydrogens (tertiary/aromatic N) is 4. The number of carbonyl (C=O) groups excluding carboxylic acids is 4. The van der Waals surface area contributed by atoms with Crippen LogP contribution in [0.1, 0.15) is 107 Å². The molecule has 2 aromatic carbocycles. The highest BCUT2D eigenvalue weighted by atomic mass is 32.1. The molecule has 2 aliphatic carbocycles. The van der Waals surface area contributed by atoms with Crippen LogP contribution in [0, 0.1) is 17.8 Å². The fraction of sp³-hybridized carbons (Fsp3) is 0.488. The lowest BCUT2D eigenvalue weighted by molar-refractivity contribution is -0.139. The zero-order chi connectivity index (χ0) is 37.3. The topological polar surface area (TPSA) is 113 Å². The molecule has 0 bridgehead atoms. The lowest BCUT2D eigenvalue weighted by atomic mass is 9.96. The van der Waals surface area contributed by atoms with Gasteiger partial charge in [0.1, 0.15) is 21.8 Å². The number of hydrogen-bond acceptors (Lipinski definition) is 8. The van der Waals surface area contributed by atoms with Crippen molar-refractivity contribution < 1.29 is 19.2 Å². The summed E-state index contributed by atoms with van der Waals surface area (Å²) in [6, 6.07) is 16.6. The van der Waals surface area contributed by atoms with E-state index in [4.69, 9.17) is 9.97 Å². The summed E-state index contributed by atoms with van der Waals surface area (Å²) in [5.74, 6) is 0.423. The van der Waals surface area contributed by atoms with Crippen molar-refractivity contribution in [3.8, 4) is 32.0 Å². The van der Waals surface area contributed by atoms with Crippen molar-refractivity contribution >= 4 is 46.2 Å². The Kier molecular flexibility index (Phi) is 10.8. The van der Waals surface area contributed by atoms with Crippen molar-refractivity contribution in [2.75, 3.05) is 13.1 Å². The Bertz CT molecular complexity index is 1850. The third-order valence-electron chi connectivity index (χ3n) is 11.7. The van der Waals surface area contributed by atoms with Crippen molar-refractivity contribution in [2.24, 2.45) is 17.8 Å². The van der Waals surface area contributed by atoms with Gasteiger partial charge in [-0.3, -0.25) is 19.2 Å². The fourth-order valence-electron chi connectivity index (χ4n) is 8.01. The first kappa shape index (κ1) is 36.7. The molecular formula is C43H49N5O4S2. The molecule has 11 heteroatoms. The largest absolute Gasteiger partial charge is 0.344 e. The summed E-state index contributed by atoms with van der Waals surface area (Å²) in [6.45, 7) is 5.39. The highest BCUT2D eigenvalue weighted by molar-refractivity contribution is 7.15. The van der Waals surface area contributed by atoms with Crippen LogP contribution in [-0.2, 0) is 19.2 Å². The molecule has 2 aromatic heterocycles. The zero-order valence-corrected chi connectivity index (χ0v) is 32.8. The van der Waals surface area contributed by atoms with Crippen LogP contribution in [0.3, 0.4) is 0 Å². The lowest BCUT2D eigenvalue weighted by Crippen LogP contribution is -2.48. The van der Waals surface area contributed by atoms with Crippen LogP contribution >= 0.6 is 22.7 Å². The predicted octanol–water partition coefficient (Wildman–Crippen LogP) is 8.63. The van der Waals surface area contributed by atoms with Gasteiger partial charge in [-0.25, -0.2) is 9.97 Å². The molecule has 0 radical (unpaired) electrons. The van der Waals surface area contributed by atoms with Gasteiger partial charge in [0.15, 0.2) is 0 Å². The third-order valence-corrected chi connectivity index (χ3v) is 13.9. The molecule has 2 saturated heterocycles. The van der Waals surface area contributed by atoms with E-state index < -0.39 is 6.04 Å². The molecule has 4 fully saturated rings. The number of carbonyl (C=O) groups is 4. The van der Waals surface area contributed by atoms with Crippen LogP contribution in [0.5, 0.6) is 0 Å². The van der Waals surface area contributed by atoms with Crippen molar-refractivity contribution in [1.82, 2.24) is 25.1 Å². The van der Waals surface area contributed by atoms with E-state index >= 15 is 0 Å². The van der Waals surface area contributed by atoms with E-state index in [1.54, 1.807) is 22.7 Å². The Morgan fingerprint density at radius 1 is 0.667 bits per heavy atom. The standard InChI is InChI=1S/C43H49N5O4S2/c1-3-26(23-36(49)29-13-14-29)42(51)47-21-5-7-34(47)40-44-24-37(53-40)30-15-9-27(10-16-30)28-11-17-31(18-12-28)38-25-45-41(54-38)35-8-6-22-48(35)43(52)33(4-2)46-39(50)32-19-20-32/h9-12,15-18,24-26,29,32-35H,3-8,13-14,19-23H2,1-2H3,(H,46,50)/t26-,33+,34-,35-/m0/s1. The average molecular weight is 764 g/mol. The monoisotopic (exact) mass is 763 g/mol. The molecule has 54 heavy (non-hydrogen) atoms. The van der Waals surface area contributed by atoms with Gasteiger partial charge < -0.3 is 15.1 Å². The van der Waals surface area contributed by atoms with E-state index in [2.05, 4.69) is 53.8 Å². The molecule has 3 amide bonds. The quantitative estimate of drug-likeness (QED) is 0.138. The normalized spacial score (nSPS) is 20.9. The maximum Gasteiger partial charge on any atom is 0.245 e. The number of hydrogen-bond donors (Lipinski definition) is 1. The molecule has 1 N–H and O–H groups in total. The summed E-state index contributed by atoms with van der Waals surface area (Å²) >= 11 is 3.30. The van der Waals surface area contributed by atoms with Gasteiger partial charge in [0.2, 0.25) is 17.7 Å². The number of likely N-dealkylation sites (tertiary alicyclic amines) is 2. The lowest BCUT2D eigenvalue weighted by Gasteiger charge is -2.28. The SMILES string of the molecule is CC[C@@H](CC(=O)C1CC1)C(=O)N1CCC[C@H]1c1ncc(-c2ccc(-c3ccc(-c4cnc([C@@H]5CCCN5C(=O)[C@@H](CC)NC(=O)C5CC5)s4)cc3)cc2)s1. The first-order chi connectivity index (χ1) is 26.3. The Morgan fingerprint density at radius 2 is 1.15 bits per heavy atom. The first-order valence-corrected chi connectivity index (χ1v) is 21.5. The molecule has 282 valence electrons. The highest BCUT2D eigenvalue weighted by Crippen LogP contribution is 2.41. The maximum absolute atomic E-state index is 13.6. The van der Waals surface area contributed by atoms with Gasteiger partial charge in [0.05, 0.1) is 21.8 Å². The summed E-state index contributed by atoms with van der Waals surface area (Å²) in [5, 5.41) is 4.92. The van der Waals surface area contributed by atoms with Crippen LogP contribution < -0.4 is 5.32 Å².